The zero-order chi connectivity index (χ0) is 28.0. The van der Waals surface area contributed by atoms with Crippen molar-refractivity contribution < 1.29 is 42.9 Å². The van der Waals surface area contributed by atoms with E-state index in [2.05, 4.69) is 11.7 Å². The number of Topliss-reactive ketones (excluding diaryl/α,β-unsaturated/α-hetero) is 1. The number of rotatable bonds is 15. The molecule has 206 valence electrons. The molecule has 0 spiro atoms. The van der Waals surface area contributed by atoms with Gasteiger partial charge in [-0.3, -0.25) is 24.0 Å². The van der Waals surface area contributed by atoms with Crippen molar-refractivity contribution >= 4 is 41.3 Å². The number of hydrogen-bond donors (Lipinski definition) is 0. The van der Waals surface area contributed by atoms with Gasteiger partial charge in [-0.2, -0.15) is 0 Å². The summed E-state index contributed by atoms with van der Waals surface area (Å²) in [5.74, 6) is -3.03. The molecule has 0 aromatic rings. The quantitative estimate of drug-likeness (QED) is 0.0959. The van der Waals surface area contributed by atoms with Crippen LogP contribution in [0.1, 0.15) is 79.1 Å². The Morgan fingerprint density at radius 1 is 1.00 bits per heavy atom. The lowest BCUT2D eigenvalue weighted by atomic mass is 9.89. The molecular weight excluding hydrogens is 504 g/mol. The van der Waals surface area contributed by atoms with Gasteiger partial charge >= 0.3 is 23.9 Å². The van der Waals surface area contributed by atoms with Gasteiger partial charge in [-0.05, 0) is 37.8 Å². The lowest BCUT2D eigenvalue weighted by Gasteiger charge is -2.30. The van der Waals surface area contributed by atoms with E-state index in [9.17, 15) is 24.0 Å². The lowest BCUT2D eigenvalue weighted by Crippen LogP contribution is -2.38. The molecule has 3 atom stereocenters. The van der Waals surface area contributed by atoms with Crippen LogP contribution in [0, 0.1) is 0 Å². The molecule has 0 bridgehead atoms. The zero-order valence-corrected chi connectivity index (χ0v) is 22.9. The van der Waals surface area contributed by atoms with Crippen LogP contribution < -0.4 is 0 Å². The van der Waals surface area contributed by atoms with Crippen LogP contribution in [0.2, 0.25) is 0 Å². The van der Waals surface area contributed by atoms with Gasteiger partial charge in [-0.15, -0.1) is 0 Å². The van der Waals surface area contributed by atoms with Crippen molar-refractivity contribution in [3.05, 3.63) is 34.9 Å². The first-order valence-corrected chi connectivity index (χ1v) is 12.7. The third-order valence-electron chi connectivity index (χ3n) is 5.58. The Bertz CT molecular complexity index is 934. The molecule has 1 rings (SSSR count). The molecule has 0 saturated heterocycles. The highest BCUT2D eigenvalue weighted by molar-refractivity contribution is 6.46. The predicted molar refractivity (Wildman–Crippen MR) is 136 cm³/mol. The van der Waals surface area contributed by atoms with Gasteiger partial charge in [0.15, 0.2) is 11.7 Å². The molecule has 0 aromatic carbocycles. The number of unbranched alkanes of at least 4 members (excludes halogenated alkanes) is 3. The third-order valence-corrected chi connectivity index (χ3v) is 5.86. The maximum absolute atomic E-state index is 13.1. The van der Waals surface area contributed by atoms with Gasteiger partial charge in [0.05, 0.1) is 12.1 Å². The second kappa shape index (κ2) is 16.0. The van der Waals surface area contributed by atoms with E-state index in [0.29, 0.717) is 0 Å². The van der Waals surface area contributed by atoms with Gasteiger partial charge in [0.1, 0.15) is 6.10 Å². The number of carbonyl (C=O) groups excluding carboxylic acids is 5. The van der Waals surface area contributed by atoms with Crippen LogP contribution in [0.4, 0.5) is 0 Å². The smallest absolute Gasteiger partial charge is 0.305 e. The van der Waals surface area contributed by atoms with Crippen LogP contribution in [0.5, 0.6) is 0 Å². The summed E-state index contributed by atoms with van der Waals surface area (Å²) in [7, 11) is 1.26. The molecule has 10 heteroatoms. The Hall–Kier alpha value is -2.94. The number of halogens is 1. The SMILES string of the molecule is CCCCC/C=C\C[C@@]1(OC(C)=O)C=C(Cl)C(=O)/C1=C\[C@H](OC(C)=O)[C@H](CCCC(=O)OC)OC(C)=O. The number of hydrogen-bond acceptors (Lipinski definition) is 9. The Kier molecular flexibility index (Phi) is 13.9. The summed E-state index contributed by atoms with van der Waals surface area (Å²) < 4.78 is 21.1. The molecule has 0 fully saturated rings. The maximum Gasteiger partial charge on any atom is 0.305 e. The van der Waals surface area contributed by atoms with Crippen molar-refractivity contribution in [2.24, 2.45) is 0 Å². The molecule has 0 N–H and O–H groups in total. The lowest BCUT2D eigenvalue weighted by molar-refractivity contribution is -0.162. The summed E-state index contributed by atoms with van der Waals surface area (Å²) >= 11 is 6.20. The second-order valence-electron chi connectivity index (χ2n) is 8.75. The van der Waals surface area contributed by atoms with Crippen molar-refractivity contribution in [1.82, 2.24) is 0 Å². The van der Waals surface area contributed by atoms with Gasteiger partial charge in [0, 0.05) is 39.2 Å². The number of esters is 4. The fourth-order valence-electron chi connectivity index (χ4n) is 3.95. The monoisotopic (exact) mass is 540 g/mol. The summed E-state index contributed by atoms with van der Waals surface area (Å²) in [5.41, 5.74) is -1.53. The van der Waals surface area contributed by atoms with Crippen LogP contribution in [-0.2, 0) is 42.9 Å². The molecule has 0 unspecified atom stereocenters. The highest BCUT2D eigenvalue weighted by atomic mass is 35.5. The van der Waals surface area contributed by atoms with Crippen LogP contribution in [0.3, 0.4) is 0 Å². The number of allylic oxidation sites excluding steroid dienone is 2. The molecule has 0 saturated carbocycles. The molecule has 1 aliphatic rings. The zero-order valence-electron chi connectivity index (χ0n) is 22.2. The van der Waals surface area contributed by atoms with E-state index in [4.69, 9.17) is 25.8 Å². The van der Waals surface area contributed by atoms with E-state index in [1.807, 2.05) is 12.2 Å². The van der Waals surface area contributed by atoms with E-state index in [1.54, 1.807) is 0 Å². The standard InChI is InChI=1S/C27H37ClO9/c1-6-7-8-9-10-11-15-27(37-20(4)31)17-22(28)26(33)21(27)16-24(36-19(3)30)23(35-18(2)29)13-12-14-25(32)34-5/h10-11,16-17,23-24H,6-9,12-15H2,1-5H3/b11-10-,21-16+/t23-,24-,27+/m0/s1. The van der Waals surface area contributed by atoms with Gasteiger partial charge in [-0.25, -0.2) is 0 Å². The molecule has 37 heavy (non-hydrogen) atoms. The van der Waals surface area contributed by atoms with Crippen molar-refractivity contribution in [3.63, 3.8) is 0 Å². The number of ketones is 1. The van der Waals surface area contributed by atoms with Gasteiger partial charge in [0.25, 0.3) is 0 Å². The Morgan fingerprint density at radius 2 is 1.68 bits per heavy atom. The third kappa shape index (κ3) is 10.9. The summed E-state index contributed by atoms with van der Waals surface area (Å²) in [6, 6.07) is 0. The first kappa shape index (κ1) is 32.1. The number of methoxy groups -OCH3 is 1. The van der Waals surface area contributed by atoms with Crippen molar-refractivity contribution in [3.8, 4) is 0 Å². The Morgan fingerprint density at radius 3 is 2.24 bits per heavy atom. The normalized spacial score (nSPS) is 19.9. The summed E-state index contributed by atoms with van der Waals surface area (Å²) in [6.45, 7) is 5.68. The van der Waals surface area contributed by atoms with Crippen molar-refractivity contribution in [2.75, 3.05) is 7.11 Å². The average molecular weight is 541 g/mol. The van der Waals surface area contributed by atoms with E-state index in [-0.39, 0.29) is 36.3 Å². The van der Waals surface area contributed by atoms with Crippen LogP contribution in [0.15, 0.2) is 34.9 Å². The minimum Gasteiger partial charge on any atom is -0.469 e. The summed E-state index contributed by atoms with van der Waals surface area (Å²) in [4.78, 5) is 60.5. The van der Waals surface area contributed by atoms with E-state index in [1.165, 1.54) is 40.0 Å². The molecule has 9 nitrogen and oxygen atoms in total. The van der Waals surface area contributed by atoms with Gasteiger partial charge in [0.2, 0.25) is 5.78 Å². The molecule has 0 aliphatic heterocycles. The predicted octanol–water partition coefficient (Wildman–Crippen LogP) is 4.65. The van der Waals surface area contributed by atoms with Crippen LogP contribution >= 0.6 is 11.6 Å². The average Bonchev–Trinajstić information content (AvgIpc) is 3.03. The van der Waals surface area contributed by atoms with Gasteiger partial charge in [-0.1, -0.05) is 43.5 Å². The number of ether oxygens (including phenoxy) is 4. The fourth-order valence-corrected chi connectivity index (χ4v) is 4.23. The van der Waals surface area contributed by atoms with Crippen molar-refractivity contribution in [2.45, 2.75) is 96.9 Å². The van der Waals surface area contributed by atoms with Crippen LogP contribution in [0.25, 0.3) is 0 Å². The van der Waals surface area contributed by atoms with Crippen molar-refractivity contribution in [1.29, 1.82) is 0 Å². The fraction of sp³-hybridized carbons (Fsp3) is 0.593. The highest BCUT2D eigenvalue weighted by Crippen LogP contribution is 2.40. The maximum atomic E-state index is 13.1. The first-order valence-electron chi connectivity index (χ1n) is 12.4. The highest BCUT2D eigenvalue weighted by Gasteiger charge is 2.46. The molecule has 0 amide bonds. The van der Waals surface area contributed by atoms with E-state index < -0.39 is 47.5 Å². The minimum absolute atomic E-state index is 0.0118. The van der Waals surface area contributed by atoms with Gasteiger partial charge < -0.3 is 18.9 Å². The Labute approximate surface area is 223 Å². The van der Waals surface area contributed by atoms with E-state index >= 15 is 0 Å². The first-order chi connectivity index (χ1) is 17.5. The molecule has 1 aliphatic carbocycles. The molecule has 0 aromatic heterocycles. The Balaban J connectivity index is 3.44. The molecule has 0 heterocycles. The summed E-state index contributed by atoms with van der Waals surface area (Å²) in [5, 5.41) is -0.150. The molecular formula is C27H37ClO9. The van der Waals surface area contributed by atoms with Crippen LogP contribution in [-0.4, -0.2) is 54.6 Å². The second-order valence-corrected chi connectivity index (χ2v) is 9.15. The van der Waals surface area contributed by atoms with E-state index in [0.717, 1.165) is 25.7 Å². The topological polar surface area (TPSA) is 122 Å². The largest absolute Gasteiger partial charge is 0.469 e. The number of carbonyl (C=O) groups is 5. The minimum atomic E-state index is -1.52. The molecule has 0 radical (unpaired) electrons. The summed E-state index contributed by atoms with van der Waals surface area (Å²) in [6.07, 6.45) is 8.73.